The van der Waals surface area contributed by atoms with Gasteiger partial charge in [0.1, 0.15) is 5.82 Å². The van der Waals surface area contributed by atoms with Crippen molar-refractivity contribution in [2.45, 2.75) is 25.0 Å². The zero-order valence-electron chi connectivity index (χ0n) is 10.1. The van der Waals surface area contributed by atoms with Crippen molar-refractivity contribution in [3.05, 3.63) is 24.0 Å². The first kappa shape index (κ1) is 14.3. The van der Waals surface area contributed by atoms with Crippen molar-refractivity contribution in [2.75, 3.05) is 24.7 Å². The molecule has 3 nitrogen and oxygen atoms in total. The van der Waals surface area contributed by atoms with E-state index < -0.39 is 0 Å². The van der Waals surface area contributed by atoms with Crippen molar-refractivity contribution in [1.82, 2.24) is 0 Å². The Labute approximate surface area is 105 Å². The largest absolute Gasteiger partial charge is 0.396 e. The van der Waals surface area contributed by atoms with Crippen LogP contribution >= 0.6 is 11.8 Å². The van der Waals surface area contributed by atoms with Crippen LogP contribution < -0.4 is 5.73 Å². The molecule has 0 spiro atoms. The van der Waals surface area contributed by atoms with Crippen molar-refractivity contribution in [3.63, 3.8) is 0 Å². The van der Waals surface area contributed by atoms with Gasteiger partial charge in [-0.15, -0.1) is 11.8 Å². The molecule has 0 aliphatic carbocycles. The van der Waals surface area contributed by atoms with Gasteiger partial charge < -0.3 is 15.2 Å². The number of hydrogen-bond donors (Lipinski definition) is 1. The minimum atomic E-state index is -0.389. The van der Waals surface area contributed by atoms with Gasteiger partial charge in [-0.1, -0.05) is 0 Å². The molecule has 96 valence electrons. The zero-order chi connectivity index (χ0) is 12.7. The Hall–Kier alpha value is -0.780. The number of benzene rings is 1. The highest BCUT2D eigenvalue weighted by molar-refractivity contribution is 7.99. The molecule has 5 heteroatoms. The summed E-state index contributed by atoms with van der Waals surface area (Å²) < 4.78 is 24.0. The molecule has 0 saturated heterocycles. The van der Waals surface area contributed by atoms with Crippen molar-refractivity contribution in [3.8, 4) is 0 Å². The number of anilines is 1. The molecule has 0 atom stereocenters. The molecule has 1 aromatic rings. The molecule has 0 radical (unpaired) electrons. The van der Waals surface area contributed by atoms with E-state index in [0.29, 0.717) is 19.0 Å². The van der Waals surface area contributed by atoms with Crippen LogP contribution in [0.3, 0.4) is 0 Å². The fourth-order valence-corrected chi connectivity index (χ4v) is 2.15. The van der Waals surface area contributed by atoms with Crippen LogP contribution in [0.2, 0.25) is 0 Å². The van der Waals surface area contributed by atoms with Crippen LogP contribution in [0.25, 0.3) is 0 Å². The highest BCUT2D eigenvalue weighted by Crippen LogP contribution is 2.23. The number of rotatable bonds is 7. The van der Waals surface area contributed by atoms with E-state index in [1.165, 1.54) is 17.8 Å². The number of thioether (sulfide) groups is 1. The third kappa shape index (κ3) is 4.93. The Bertz CT molecular complexity index is 343. The van der Waals surface area contributed by atoms with E-state index >= 15 is 0 Å². The summed E-state index contributed by atoms with van der Waals surface area (Å²) in [6.45, 7) is 5.03. The van der Waals surface area contributed by atoms with Gasteiger partial charge in [-0.3, -0.25) is 0 Å². The molecule has 1 rings (SSSR count). The van der Waals surface area contributed by atoms with Gasteiger partial charge in [0.2, 0.25) is 0 Å². The molecule has 17 heavy (non-hydrogen) atoms. The maximum Gasteiger partial charge on any atom is 0.166 e. The van der Waals surface area contributed by atoms with E-state index in [1.807, 2.05) is 13.8 Å². The highest BCUT2D eigenvalue weighted by Gasteiger charge is 2.09. The predicted octanol–water partition coefficient (Wildman–Crippen LogP) is 2.90. The summed E-state index contributed by atoms with van der Waals surface area (Å²) in [6.07, 6.45) is -0.254. The van der Waals surface area contributed by atoms with Crippen molar-refractivity contribution < 1.29 is 13.9 Å². The van der Waals surface area contributed by atoms with Crippen LogP contribution in [0, 0.1) is 5.82 Å². The van der Waals surface area contributed by atoms with Crippen LogP contribution in [0.1, 0.15) is 13.8 Å². The number of nitrogens with two attached hydrogens (primary N) is 1. The Kier molecular flexibility index (Phi) is 6.32. The Morgan fingerprint density at radius 1 is 1.29 bits per heavy atom. The Morgan fingerprint density at radius 2 is 1.94 bits per heavy atom. The lowest BCUT2D eigenvalue weighted by atomic mass is 10.3. The second kappa shape index (κ2) is 7.53. The third-order valence-corrected chi connectivity index (χ3v) is 3.09. The van der Waals surface area contributed by atoms with Gasteiger partial charge in [-0.05, 0) is 32.0 Å². The van der Waals surface area contributed by atoms with Crippen molar-refractivity contribution in [1.29, 1.82) is 0 Å². The van der Waals surface area contributed by atoms with E-state index in [0.717, 1.165) is 4.90 Å². The molecule has 2 N–H and O–H groups in total. The summed E-state index contributed by atoms with van der Waals surface area (Å²) >= 11 is 1.49. The number of ether oxygens (including phenoxy) is 2. The lowest BCUT2D eigenvalue weighted by Crippen LogP contribution is -2.19. The SMILES string of the molecule is CCOC(CSc1ccc(N)c(F)c1)OCC. The number of hydrogen-bond acceptors (Lipinski definition) is 4. The lowest BCUT2D eigenvalue weighted by Gasteiger charge is -2.16. The summed E-state index contributed by atoms with van der Waals surface area (Å²) in [6, 6.07) is 4.78. The molecule has 0 saturated carbocycles. The molecule has 0 bridgehead atoms. The quantitative estimate of drug-likeness (QED) is 0.464. The topological polar surface area (TPSA) is 44.5 Å². The summed E-state index contributed by atoms with van der Waals surface area (Å²) in [5, 5.41) is 0. The molecular formula is C12H18FNO2S. The molecule has 0 heterocycles. The lowest BCUT2D eigenvalue weighted by molar-refractivity contribution is -0.120. The smallest absolute Gasteiger partial charge is 0.166 e. The van der Waals surface area contributed by atoms with E-state index in [9.17, 15) is 4.39 Å². The fourth-order valence-electron chi connectivity index (χ4n) is 1.28. The van der Waals surface area contributed by atoms with Crippen LogP contribution in [-0.4, -0.2) is 25.3 Å². The summed E-state index contributed by atoms with van der Waals surface area (Å²) in [7, 11) is 0. The van der Waals surface area contributed by atoms with E-state index in [4.69, 9.17) is 15.2 Å². The van der Waals surface area contributed by atoms with Gasteiger partial charge >= 0.3 is 0 Å². The molecular weight excluding hydrogens is 241 g/mol. The maximum absolute atomic E-state index is 13.2. The first-order valence-electron chi connectivity index (χ1n) is 5.58. The standard InChI is InChI=1S/C12H18FNO2S/c1-3-15-12(16-4-2)8-17-9-5-6-11(14)10(13)7-9/h5-7,12H,3-4,8,14H2,1-2H3. The van der Waals surface area contributed by atoms with E-state index in [1.54, 1.807) is 12.1 Å². The third-order valence-electron chi connectivity index (χ3n) is 2.06. The molecule has 0 amide bonds. The van der Waals surface area contributed by atoms with Crippen LogP contribution in [0.15, 0.2) is 23.1 Å². The first-order chi connectivity index (χ1) is 8.17. The fraction of sp³-hybridized carbons (Fsp3) is 0.500. The molecule has 0 aromatic heterocycles. The summed E-state index contributed by atoms with van der Waals surface area (Å²) in [4.78, 5) is 0.820. The van der Waals surface area contributed by atoms with E-state index in [2.05, 4.69) is 0 Å². The second-order valence-electron chi connectivity index (χ2n) is 3.33. The molecule has 1 aromatic carbocycles. The minimum Gasteiger partial charge on any atom is -0.396 e. The van der Waals surface area contributed by atoms with Crippen LogP contribution in [-0.2, 0) is 9.47 Å². The van der Waals surface area contributed by atoms with Crippen molar-refractivity contribution in [2.24, 2.45) is 0 Å². The summed E-state index contributed by atoms with van der Waals surface area (Å²) in [5.74, 6) is 0.241. The van der Waals surface area contributed by atoms with Gasteiger partial charge in [0.25, 0.3) is 0 Å². The Morgan fingerprint density at radius 3 is 2.47 bits per heavy atom. The molecule has 0 aliphatic heterocycles. The molecule has 0 unspecified atom stereocenters. The number of nitrogen functional groups attached to an aromatic ring is 1. The first-order valence-corrected chi connectivity index (χ1v) is 6.57. The van der Waals surface area contributed by atoms with E-state index in [-0.39, 0.29) is 17.8 Å². The average molecular weight is 259 g/mol. The number of halogens is 1. The molecule has 0 aliphatic rings. The zero-order valence-corrected chi connectivity index (χ0v) is 10.9. The predicted molar refractivity (Wildman–Crippen MR) is 68.6 cm³/mol. The van der Waals surface area contributed by atoms with Gasteiger partial charge in [0.05, 0.1) is 5.69 Å². The Balaban J connectivity index is 2.49. The summed E-state index contributed by atoms with van der Waals surface area (Å²) in [5.41, 5.74) is 5.57. The normalized spacial score (nSPS) is 11.1. The average Bonchev–Trinajstić information content (AvgIpc) is 2.31. The monoisotopic (exact) mass is 259 g/mol. The van der Waals surface area contributed by atoms with Crippen LogP contribution in [0.4, 0.5) is 10.1 Å². The second-order valence-corrected chi connectivity index (χ2v) is 4.43. The van der Waals surface area contributed by atoms with Gasteiger partial charge in [0, 0.05) is 23.9 Å². The minimum absolute atomic E-state index is 0.167. The van der Waals surface area contributed by atoms with Gasteiger partial charge in [-0.25, -0.2) is 4.39 Å². The van der Waals surface area contributed by atoms with Gasteiger partial charge in [0.15, 0.2) is 6.29 Å². The highest BCUT2D eigenvalue weighted by atomic mass is 32.2. The van der Waals surface area contributed by atoms with Crippen molar-refractivity contribution >= 4 is 17.4 Å². The van der Waals surface area contributed by atoms with Crippen LogP contribution in [0.5, 0.6) is 0 Å². The van der Waals surface area contributed by atoms with Gasteiger partial charge in [-0.2, -0.15) is 0 Å². The maximum atomic E-state index is 13.2. The molecule has 0 fully saturated rings.